The van der Waals surface area contributed by atoms with Crippen LogP contribution in [-0.2, 0) is 0 Å². The summed E-state index contributed by atoms with van der Waals surface area (Å²) in [6.45, 7) is 0. The molecule has 3 heteroatoms. The van der Waals surface area contributed by atoms with Crippen LogP contribution in [0.4, 0.5) is 0 Å². The zero-order valence-electron chi connectivity index (χ0n) is 12.2. The number of fused-ring (bicyclic) bond motifs is 2. The molecule has 4 aromatic rings. The van der Waals surface area contributed by atoms with Crippen LogP contribution in [0.3, 0.4) is 0 Å². The van der Waals surface area contributed by atoms with Crippen LogP contribution in [0.1, 0.15) is 10.4 Å². The first kappa shape index (κ1) is 13.5. The molecule has 0 fully saturated rings. The first-order valence-electron chi connectivity index (χ1n) is 7.34. The number of hydrogen-bond acceptors (Lipinski definition) is 2. The van der Waals surface area contributed by atoms with Crippen molar-refractivity contribution in [3.63, 3.8) is 0 Å². The maximum absolute atomic E-state index is 11.3. The fourth-order valence-electron chi connectivity index (χ4n) is 2.96. The topological polar surface area (TPSA) is 50.2 Å². The molecule has 1 heterocycles. The number of aromatic carboxylic acids is 1. The smallest absolute Gasteiger partial charge is 0.335 e. The monoisotopic (exact) mass is 299 g/mol. The summed E-state index contributed by atoms with van der Waals surface area (Å²) in [7, 11) is 0. The second-order valence-corrected chi connectivity index (χ2v) is 5.43. The first-order valence-corrected chi connectivity index (χ1v) is 7.34. The van der Waals surface area contributed by atoms with E-state index in [1.54, 1.807) is 18.3 Å². The number of aromatic nitrogens is 1. The van der Waals surface area contributed by atoms with Gasteiger partial charge in [0, 0.05) is 17.1 Å². The summed E-state index contributed by atoms with van der Waals surface area (Å²) in [5.74, 6) is -0.919. The van der Waals surface area contributed by atoms with Crippen LogP contribution in [0, 0.1) is 0 Å². The van der Waals surface area contributed by atoms with Gasteiger partial charge in [0.15, 0.2) is 0 Å². The highest BCUT2D eigenvalue weighted by molar-refractivity contribution is 6.06. The van der Waals surface area contributed by atoms with Gasteiger partial charge in [0.1, 0.15) is 0 Å². The Hall–Kier alpha value is -3.20. The van der Waals surface area contributed by atoms with Crippen LogP contribution in [-0.4, -0.2) is 16.1 Å². The molecule has 0 saturated carbocycles. The van der Waals surface area contributed by atoms with Crippen molar-refractivity contribution in [3.05, 3.63) is 78.5 Å². The zero-order valence-corrected chi connectivity index (χ0v) is 12.2. The number of hydrogen-bond donors (Lipinski definition) is 1. The lowest BCUT2D eigenvalue weighted by atomic mass is 9.95. The minimum atomic E-state index is -0.919. The third kappa shape index (κ3) is 2.23. The van der Waals surface area contributed by atoms with E-state index >= 15 is 0 Å². The fourth-order valence-corrected chi connectivity index (χ4v) is 2.96. The number of carbonyl (C=O) groups is 1. The highest BCUT2D eigenvalue weighted by Crippen LogP contribution is 2.33. The fraction of sp³-hybridized carbons (Fsp3) is 0. The summed E-state index contributed by atoms with van der Waals surface area (Å²) in [5.41, 5.74) is 3.22. The summed E-state index contributed by atoms with van der Waals surface area (Å²) >= 11 is 0. The minimum absolute atomic E-state index is 0.290. The summed E-state index contributed by atoms with van der Waals surface area (Å²) in [5, 5.41) is 12.3. The van der Waals surface area contributed by atoms with Gasteiger partial charge < -0.3 is 5.11 Å². The van der Waals surface area contributed by atoms with Crippen molar-refractivity contribution >= 4 is 27.6 Å². The average molecular weight is 299 g/mol. The van der Waals surface area contributed by atoms with Gasteiger partial charge in [-0.25, -0.2) is 4.79 Å². The van der Waals surface area contributed by atoms with Crippen LogP contribution in [0.5, 0.6) is 0 Å². The van der Waals surface area contributed by atoms with E-state index in [1.165, 1.54) is 0 Å². The number of para-hydroxylation sites is 1. The van der Waals surface area contributed by atoms with E-state index in [0.717, 1.165) is 32.8 Å². The standard InChI is InChI=1S/C20H13NO2/c22-20(23)15-10-9-13-4-1-7-16(18(13)12-15)17-8-2-5-14-6-3-11-21-19(14)17/h1-12H,(H,22,23). The summed E-state index contributed by atoms with van der Waals surface area (Å²) in [6, 6.07) is 21.2. The van der Waals surface area contributed by atoms with Gasteiger partial charge in [-0.1, -0.05) is 48.5 Å². The van der Waals surface area contributed by atoms with Crippen molar-refractivity contribution in [2.24, 2.45) is 0 Å². The maximum atomic E-state index is 11.3. The van der Waals surface area contributed by atoms with E-state index in [1.807, 2.05) is 54.6 Å². The zero-order chi connectivity index (χ0) is 15.8. The molecule has 0 amide bonds. The van der Waals surface area contributed by atoms with E-state index in [0.29, 0.717) is 0 Å². The molecule has 3 nitrogen and oxygen atoms in total. The minimum Gasteiger partial charge on any atom is -0.478 e. The number of carboxylic acid groups (broad SMARTS) is 1. The van der Waals surface area contributed by atoms with Gasteiger partial charge in [-0.15, -0.1) is 0 Å². The summed E-state index contributed by atoms with van der Waals surface area (Å²) in [4.78, 5) is 15.8. The highest BCUT2D eigenvalue weighted by atomic mass is 16.4. The largest absolute Gasteiger partial charge is 0.478 e. The van der Waals surface area contributed by atoms with Crippen LogP contribution in [0.15, 0.2) is 72.9 Å². The number of benzene rings is 3. The Morgan fingerprint density at radius 2 is 1.57 bits per heavy atom. The van der Waals surface area contributed by atoms with Crippen molar-refractivity contribution in [1.29, 1.82) is 0 Å². The number of rotatable bonds is 2. The molecule has 23 heavy (non-hydrogen) atoms. The summed E-state index contributed by atoms with van der Waals surface area (Å²) < 4.78 is 0. The molecular weight excluding hydrogens is 286 g/mol. The molecule has 0 aliphatic heterocycles. The maximum Gasteiger partial charge on any atom is 0.335 e. The molecule has 0 aliphatic rings. The third-order valence-corrected chi connectivity index (χ3v) is 4.05. The van der Waals surface area contributed by atoms with E-state index in [4.69, 9.17) is 0 Å². The second-order valence-electron chi connectivity index (χ2n) is 5.43. The Balaban J connectivity index is 2.08. The molecule has 3 aromatic carbocycles. The van der Waals surface area contributed by atoms with Gasteiger partial charge >= 0.3 is 5.97 Å². The van der Waals surface area contributed by atoms with Gasteiger partial charge in [0.25, 0.3) is 0 Å². The Morgan fingerprint density at radius 3 is 2.39 bits per heavy atom. The van der Waals surface area contributed by atoms with E-state index in [2.05, 4.69) is 4.98 Å². The van der Waals surface area contributed by atoms with Crippen molar-refractivity contribution in [1.82, 2.24) is 4.98 Å². The molecule has 0 atom stereocenters. The predicted octanol–water partition coefficient (Wildman–Crippen LogP) is 4.75. The van der Waals surface area contributed by atoms with E-state index in [-0.39, 0.29) is 5.56 Å². The summed E-state index contributed by atoms with van der Waals surface area (Å²) in [6.07, 6.45) is 1.78. The number of pyridine rings is 1. The highest BCUT2D eigenvalue weighted by Gasteiger charge is 2.10. The molecule has 110 valence electrons. The lowest BCUT2D eigenvalue weighted by molar-refractivity contribution is 0.0697. The molecule has 0 bridgehead atoms. The number of carboxylic acids is 1. The molecule has 4 rings (SSSR count). The van der Waals surface area contributed by atoms with Gasteiger partial charge in [-0.2, -0.15) is 0 Å². The lowest BCUT2D eigenvalue weighted by Crippen LogP contribution is -1.96. The molecule has 0 aliphatic carbocycles. The first-order chi connectivity index (χ1) is 11.2. The quantitative estimate of drug-likeness (QED) is 0.581. The van der Waals surface area contributed by atoms with Gasteiger partial charge in [0.05, 0.1) is 11.1 Å². The van der Waals surface area contributed by atoms with Crippen LogP contribution < -0.4 is 0 Å². The van der Waals surface area contributed by atoms with E-state index < -0.39 is 5.97 Å². The Labute approximate surface area is 132 Å². The third-order valence-electron chi connectivity index (χ3n) is 4.05. The van der Waals surface area contributed by atoms with Crippen molar-refractivity contribution in [2.75, 3.05) is 0 Å². The lowest BCUT2D eigenvalue weighted by Gasteiger charge is -2.10. The van der Waals surface area contributed by atoms with Gasteiger partial charge in [-0.05, 0) is 34.5 Å². The van der Waals surface area contributed by atoms with Crippen molar-refractivity contribution in [3.8, 4) is 11.1 Å². The SMILES string of the molecule is O=C(O)c1ccc2cccc(-c3cccc4cccnc34)c2c1. The van der Waals surface area contributed by atoms with Crippen LogP contribution in [0.25, 0.3) is 32.8 Å². The van der Waals surface area contributed by atoms with Crippen LogP contribution >= 0.6 is 0 Å². The molecule has 1 aromatic heterocycles. The van der Waals surface area contributed by atoms with Crippen molar-refractivity contribution < 1.29 is 9.90 Å². The molecule has 0 unspecified atom stereocenters. The molecule has 0 spiro atoms. The average Bonchev–Trinajstić information content (AvgIpc) is 2.60. The van der Waals surface area contributed by atoms with Crippen LogP contribution in [0.2, 0.25) is 0 Å². The molecule has 0 saturated heterocycles. The Morgan fingerprint density at radius 1 is 0.826 bits per heavy atom. The molecular formula is C20H13NO2. The predicted molar refractivity (Wildman–Crippen MR) is 91.6 cm³/mol. The second kappa shape index (κ2) is 5.21. The normalized spacial score (nSPS) is 11.0. The molecule has 0 radical (unpaired) electrons. The number of nitrogens with zero attached hydrogens (tertiary/aromatic N) is 1. The molecule has 1 N–H and O–H groups in total. The van der Waals surface area contributed by atoms with Gasteiger partial charge in [-0.3, -0.25) is 4.98 Å². The van der Waals surface area contributed by atoms with Gasteiger partial charge in [0.2, 0.25) is 0 Å². The van der Waals surface area contributed by atoms with E-state index in [9.17, 15) is 9.90 Å². The Bertz CT molecular complexity index is 1050. The Kier molecular flexibility index (Phi) is 3.05. The van der Waals surface area contributed by atoms with Crippen molar-refractivity contribution in [2.45, 2.75) is 0 Å².